The fourth-order valence-corrected chi connectivity index (χ4v) is 2.50. The second-order valence-electron chi connectivity index (χ2n) is 5.46. The Hall–Kier alpha value is -1.17. The monoisotopic (exact) mass is 255 g/mol. The number of carbonyl (C=O) groups is 2. The number of carbonyl (C=O) groups excluding carboxylic acids is 2. The Balaban J connectivity index is 1.53. The number of halogens is 1. The summed E-state index contributed by atoms with van der Waals surface area (Å²) in [5.41, 5.74) is -1.71. The standard InChI is InChI=1S/C12H18FN3O2/c13-12(7-14-8-12)11(18)16-5-3-15(4-6-16)10(17)9-1-2-9/h9,14H,1-8H2. The molecule has 1 N–H and O–H groups in total. The molecule has 5 nitrogen and oxygen atoms in total. The van der Waals surface area contributed by atoms with Crippen molar-refractivity contribution < 1.29 is 14.0 Å². The Morgan fingerprint density at radius 3 is 2.06 bits per heavy atom. The van der Waals surface area contributed by atoms with Gasteiger partial charge in [-0.25, -0.2) is 4.39 Å². The van der Waals surface area contributed by atoms with Gasteiger partial charge < -0.3 is 15.1 Å². The third-order valence-electron chi connectivity index (χ3n) is 4.00. The summed E-state index contributed by atoms with van der Waals surface area (Å²) >= 11 is 0. The lowest BCUT2D eigenvalue weighted by Crippen LogP contribution is -2.66. The Morgan fingerprint density at radius 2 is 1.61 bits per heavy atom. The smallest absolute Gasteiger partial charge is 0.263 e. The summed E-state index contributed by atoms with van der Waals surface area (Å²) < 4.78 is 13.9. The van der Waals surface area contributed by atoms with Crippen molar-refractivity contribution in [2.75, 3.05) is 39.3 Å². The second-order valence-corrected chi connectivity index (χ2v) is 5.46. The molecule has 2 saturated heterocycles. The zero-order chi connectivity index (χ0) is 12.8. The normalized spacial score (nSPS) is 26.7. The van der Waals surface area contributed by atoms with Gasteiger partial charge in [0.25, 0.3) is 5.91 Å². The lowest BCUT2D eigenvalue weighted by Gasteiger charge is -2.41. The van der Waals surface area contributed by atoms with Crippen molar-refractivity contribution in [1.82, 2.24) is 15.1 Å². The summed E-state index contributed by atoms with van der Waals surface area (Å²) in [6, 6.07) is 0. The van der Waals surface area contributed by atoms with Crippen molar-refractivity contribution in [3.63, 3.8) is 0 Å². The van der Waals surface area contributed by atoms with E-state index in [1.807, 2.05) is 4.90 Å². The maximum atomic E-state index is 13.9. The molecule has 3 aliphatic rings. The van der Waals surface area contributed by atoms with Crippen LogP contribution < -0.4 is 5.32 Å². The van der Waals surface area contributed by atoms with Gasteiger partial charge in [0, 0.05) is 45.2 Å². The van der Waals surface area contributed by atoms with Gasteiger partial charge in [-0.05, 0) is 12.8 Å². The van der Waals surface area contributed by atoms with E-state index in [0.29, 0.717) is 26.2 Å². The van der Waals surface area contributed by atoms with Crippen molar-refractivity contribution in [3.8, 4) is 0 Å². The summed E-state index contributed by atoms with van der Waals surface area (Å²) in [5, 5.41) is 2.78. The SMILES string of the molecule is O=C(C1CC1)N1CCN(C(=O)C2(F)CNC2)CC1. The minimum absolute atomic E-state index is 0.118. The fraction of sp³-hybridized carbons (Fsp3) is 0.833. The molecule has 0 aromatic rings. The average molecular weight is 255 g/mol. The zero-order valence-corrected chi connectivity index (χ0v) is 10.3. The van der Waals surface area contributed by atoms with Crippen molar-refractivity contribution in [3.05, 3.63) is 0 Å². The van der Waals surface area contributed by atoms with Gasteiger partial charge in [0.15, 0.2) is 0 Å². The molecule has 0 atom stereocenters. The molecule has 0 unspecified atom stereocenters. The minimum atomic E-state index is -1.71. The van der Waals surface area contributed by atoms with E-state index >= 15 is 0 Å². The summed E-state index contributed by atoms with van der Waals surface area (Å²) in [6.45, 7) is 2.25. The maximum absolute atomic E-state index is 13.9. The molecular formula is C12H18FN3O2. The van der Waals surface area contributed by atoms with Gasteiger partial charge in [-0.3, -0.25) is 9.59 Å². The van der Waals surface area contributed by atoms with Gasteiger partial charge in [0.05, 0.1) is 0 Å². The summed E-state index contributed by atoms with van der Waals surface area (Å²) in [5.74, 6) is 0.0118. The highest BCUT2D eigenvalue weighted by Gasteiger charge is 2.47. The van der Waals surface area contributed by atoms with E-state index in [9.17, 15) is 14.0 Å². The molecule has 2 amide bonds. The topological polar surface area (TPSA) is 52.7 Å². The molecule has 0 radical (unpaired) electrons. The van der Waals surface area contributed by atoms with E-state index in [1.165, 1.54) is 0 Å². The lowest BCUT2D eigenvalue weighted by atomic mass is 9.97. The molecule has 3 rings (SSSR count). The Kier molecular flexibility index (Phi) is 2.77. The highest BCUT2D eigenvalue weighted by atomic mass is 19.1. The number of amides is 2. The van der Waals surface area contributed by atoms with Crippen molar-refractivity contribution in [1.29, 1.82) is 0 Å². The van der Waals surface area contributed by atoms with Gasteiger partial charge in [-0.15, -0.1) is 0 Å². The van der Waals surface area contributed by atoms with Crippen molar-refractivity contribution in [2.24, 2.45) is 5.92 Å². The molecular weight excluding hydrogens is 237 g/mol. The molecule has 3 fully saturated rings. The van der Waals surface area contributed by atoms with Gasteiger partial charge in [0.2, 0.25) is 11.6 Å². The Morgan fingerprint density at radius 1 is 1.06 bits per heavy atom. The van der Waals surface area contributed by atoms with Crippen LogP contribution >= 0.6 is 0 Å². The van der Waals surface area contributed by atoms with Crippen LogP contribution in [0.15, 0.2) is 0 Å². The number of hydrogen-bond donors (Lipinski definition) is 1. The largest absolute Gasteiger partial charge is 0.339 e. The third kappa shape index (κ3) is 1.98. The summed E-state index contributed by atoms with van der Waals surface area (Å²) in [6.07, 6.45) is 1.99. The number of alkyl halides is 1. The molecule has 18 heavy (non-hydrogen) atoms. The number of rotatable bonds is 2. The molecule has 2 aliphatic heterocycles. The van der Waals surface area contributed by atoms with Crippen LogP contribution in [0.25, 0.3) is 0 Å². The van der Waals surface area contributed by atoms with Gasteiger partial charge in [-0.1, -0.05) is 0 Å². The van der Waals surface area contributed by atoms with Gasteiger partial charge in [-0.2, -0.15) is 0 Å². The molecule has 100 valence electrons. The Labute approximate surface area is 105 Å². The molecule has 1 aliphatic carbocycles. The first-order valence-electron chi connectivity index (χ1n) is 6.58. The number of hydrogen-bond acceptors (Lipinski definition) is 3. The molecule has 1 saturated carbocycles. The molecule has 6 heteroatoms. The fourth-order valence-electron chi connectivity index (χ4n) is 2.50. The second kappa shape index (κ2) is 4.19. The number of piperazine rings is 1. The van der Waals surface area contributed by atoms with Crippen LogP contribution in [0.5, 0.6) is 0 Å². The predicted octanol–water partition coefficient (Wildman–Crippen LogP) is -0.621. The number of nitrogens with zero attached hydrogens (tertiary/aromatic N) is 2. The van der Waals surface area contributed by atoms with Crippen LogP contribution in [-0.2, 0) is 9.59 Å². The minimum Gasteiger partial charge on any atom is -0.339 e. The maximum Gasteiger partial charge on any atom is 0.263 e. The molecule has 2 heterocycles. The number of nitrogens with one attached hydrogen (secondary N) is 1. The molecule has 0 bridgehead atoms. The summed E-state index contributed by atoms with van der Waals surface area (Å²) in [4.78, 5) is 27.1. The van der Waals surface area contributed by atoms with Crippen LogP contribution in [0.1, 0.15) is 12.8 Å². The van der Waals surface area contributed by atoms with Crippen molar-refractivity contribution in [2.45, 2.75) is 18.5 Å². The zero-order valence-electron chi connectivity index (χ0n) is 10.3. The molecule has 0 aromatic carbocycles. The van der Waals surface area contributed by atoms with Crippen LogP contribution in [0.3, 0.4) is 0 Å². The Bertz CT molecular complexity index is 372. The van der Waals surface area contributed by atoms with E-state index < -0.39 is 11.6 Å². The van der Waals surface area contributed by atoms with Crippen LogP contribution in [0, 0.1) is 5.92 Å². The van der Waals surface area contributed by atoms with Crippen molar-refractivity contribution >= 4 is 11.8 Å². The first-order chi connectivity index (χ1) is 8.60. The van der Waals surface area contributed by atoms with Crippen LogP contribution in [0.4, 0.5) is 4.39 Å². The van der Waals surface area contributed by atoms with E-state index in [-0.39, 0.29) is 24.9 Å². The highest BCUT2D eigenvalue weighted by molar-refractivity contribution is 5.87. The van der Waals surface area contributed by atoms with E-state index in [0.717, 1.165) is 12.8 Å². The average Bonchev–Trinajstić information content (AvgIpc) is 3.18. The van der Waals surface area contributed by atoms with E-state index in [1.54, 1.807) is 4.90 Å². The lowest BCUT2D eigenvalue weighted by molar-refractivity contribution is -0.151. The first-order valence-corrected chi connectivity index (χ1v) is 6.58. The van der Waals surface area contributed by atoms with Crippen LogP contribution in [0.2, 0.25) is 0 Å². The van der Waals surface area contributed by atoms with Crippen LogP contribution in [-0.4, -0.2) is 66.6 Å². The predicted molar refractivity (Wildman–Crippen MR) is 62.6 cm³/mol. The van der Waals surface area contributed by atoms with Gasteiger partial charge in [0.1, 0.15) is 0 Å². The summed E-state index contributed by atoms with van der Waals surface area (Å²) in [7, 11) is 0. The molecule has 0 spiro atoms. The third-order valence-corrected chi connectivity index (χ3v) is 4.00. The quantitative estimate of drug-likeness (QED) is 0.715. The van der Waals surface area contributed by atoms with E-state index in [2.05, 4.69) is 5.32 Å². The first kappa shape index (κ1) is 11.9. The van der Waals surface area contributed by atoms with E-state index in [4.69, 9.17) is 0 Å². The van der Waals surface area contributed by atoms with Gasteiger partial charge >= 0.3 is 0 Å². The highest BCUT2D eigenvalue weighted by Crippen LogP contribution is 2.31. The molecule has 0 aromatic heterocycles.